The summed E-state index contributed by atoms with van der Waals surface area (Å²) in [5.41, 5.74) is 0.812. The first-order valence-corrected chi connectivity index (χ1v) is 5.25. The smallest absolute Gasteiger partial charge is 0.124 e. The maximum absolute atomic E-state index is 10.1. The molecule has 15 heavy (non-hydrogen) atoms. The third kappa shape index (κ3) is 2.13. The van der Waals surface area contributed by atoms with Crippen molar-refractivity contribution in [3.05, 3.63) is 29.8 Å². The van der Waals surface area contributed by atoms with Gasteiger partial charge in [-0.05, 0) is 18.9 Å². The van der Waals surface area contributed by atoms with Gasteiger partial charge >= 0.3 is 0 Å². The largest absolute Gasteiger partial charge is 0.496 e. The summed E-state index contributed by atoms with van der Waals surface area (Å²) < 4.78 is 10.7. The molecule has 0 saturated carbocycles. The Morgan fingerprint density at radius 2 is 2.27 bits per heavy atom. The van der Waals surface area contributed by atoms with E-state index in [1.807, 2.05) is 24.3 Å². The zero-order chi connectivity index (χ0) is 10.7. The van der Waals surface area contributed by atoms with E-state index in [9.17, 15) is 5.11 Å². The normalized spacial score (nSPS) is 22.7. The molecule has 2 rings (SSSR count). The number of benzene rings is 1. The van der Waals surface area contributed by atoms with Gasteiger partial charge in [0.1, 0.15) is 11.9 Å². The van der Waals surface area contributed by atoms with Crippen LogP contribution in [0.5, 0.6) is 5.75 Å². The van der Waals surface area contributed by atoms with E-state index in [4.69, 9.17) is 9.47 Å². The second kappa shape index (κ2) is 4.64. The van der Waals surface area contributed by atoms with Gasteiger partial charge in [-0.25, -0.2) is 0 Å². The monoisotopic (exact) mass is 208 g/mol. The van der Waals surface area contributed by atoms with Crippen LogP contribution in [-0.4, -0.2) is 24.9 Å². The number of para-hydroxylation sites is 1. The van der Waals surface area contributed by atoms with Crippen LogP contribution in [0.4, 0.5) is 0 Å². The van der Waals surface area contributed by atoms with Crippen LogP contribution in [-0.2, 0) is 4.74 Å². The van der Waals surface area contributed by atoms with Crippen LogP contribution in [0.15, 0.2) is 24.3 Å². The van der Waals surface area contributed by atoms with Crippen LogP contribution in [0, 0.1) is 0 Å². The molecule has 0 spiro atoms. The molecule has 0 amide bonds. The van der Waals surface area contributed by atoms with Crippen LogP contribution in [0.1, 0.15) is 24.5 Å². The lowest BCUT2D eigenvalue weighted by Crippen LogP contribution is -2.17. The van der Waals surface area contributed by atoms with E-state index in [0.717, 1.165) is 30.8 Å². The van der Waals surface area contributed by atoms with Crippen molar-refractivity contribution >= 4 is 0 Å². The molecule has 82 valence electrons. The fraction of sp³-hybridized carbons (Fsp3) is 0.500. The zero-order valence-corrected chi connectivity index (χ0v) is 8.85. The Hall–Kier alpha value is -1.06. The quantitative estimate of drug-likeness (QED) is 0.824. The summed E-state index contributed by atoms with van der Waals surface area (Å²) in [6, 6.07) is 7.53. The van der Waals surface area contributed by atoms with E-state index in [2.05, 4.69) is 0 Å². The van der Waals surface area contributed by atoms with Crippen LogP contribution < -0.4 is 4.74 Å². The highest BCUT2D eigenvalue weighted by atomic mass is 16.5. The number of ether oxygens (including phenoxy) is 2. The molecular formula is C12H16O3. The molecule has 0 radical (unpaired) electrons. The summed E-state index contributed by atoms with van der Waals surface area (Å²) in [7, 11) is 1.61. The second-order valence-corrected chi connectivity index (χ2v) is 3.74. The SMILES string of the molecule is COc1ccccc1C(O)C1CCCO1. The molecule has 1 saturated heterocycles. The molecule has 1 aromatic carbocycles. The maximum atomic E-state index is 10.1. The van der Waals surface area contributed by atoms with Crippen LogP contribution in [0.3, 0.4) is 0 Å². The summed E-state index contributed by atoms with van der Waals surface area (Å²) in [6.45, 7) is 0.747. The highest BCUT2D eigenvalue weighted by molar-refractivity contribution is 5.35. The average Bonchev–Trinajstić information content (AvgIpc) is 2.81. The second-order valence-electron chi connectivity index (χ2n) is 3.74. The van der Waals surface area contributed by atoms with Crippen LogP contribution >= 0.6 is 0 Å². The summed E-state index contributed by atoms with van der Waals surface area (Å²) in [5, 5.41) is 10.1. The van der Waals surface area contributed by atoms with Crippen molar-refractivity contribution < 1.29 is 14.6 Å². The van der Waals surface area contributed by atoms with Crippen molar-refractivity contribution in [1.82, 2.24) is 0 Å². The molecule has 1 fully saturated rings. The Morgan fingerprint density at radius 1 is 1.47 bits per heavy atom. The van der Waals surface area contributed by atoms with Gasteiger partial charge in [-0.1, -0.05) is 18.2 Å². The first kappa shape index (κ1) is 10.5. The van der Waals surface area contributed by atoms with Crippen LogP contribution in [0.25, 0.3) is 0 Å². The van der Waals surface area contributed by atoms with Crippen molar-refractivity contribution in [3.8, 4) is 5.75 Å². The molecular weight excluding hydrogens is 192 g/mol. The Morgan fingerprint density at radius 3 is 2.93 bits per heavy atom. The van der Waals surface area contributed by atoms with E-state index in [0.29, 0.717) is 0 Å². The Kier molecular flexibility index (Phi) is 3.23. The van der Waals surface area contributed by atoms with Gasteiger partial charge < -0.3 is 14.6 Å². The zero-order valence-electron chi connectivity index (χ0n) is 8.85. The van der Waals surface area contributed by atoms with Crippen molar-refractivity contribution in [2.75, 3.05) is 13.7 Å². The molecule has 1 aromatic rings. The summed E-state index contributed by atoms with van der Waals surface area (Å²) >= 11 is 0. The Balaban J connectivity index is 2.19. The third-order valence-electron chi connectivity index (χ3n) is 2.77. The number of aliphatic hydroxyl groups is 1. The fourth-order valence-electron chi connectivity index (χ4n) is 1.96. The lowest BCUT2D eigenvalue weighted by atomic mass is 10.0. The standard InChI is InChI=1S/C12H16O3/c1-14-10-6-3-2-5-9(10)12(13)11-7-4-8-15-11/h2-3,5-6,11-13H,4,7-8H2,1H3. The molecule has 1 heterocycles. The molecule has 0 aliphatic carbocycles. The first-order chi connectivity index (χ1) is 7.33. The minimum absolute atomic E-state index is 0.0821. The van der Waals surface area contributed by atoms with Crippen molar-refractivity contribution in [1.29, 1.82) is 0 Å². The first-order valence-electron chi connectivity index (χ1n) is 5.25. The molecule has 1 aliphatic rings. The van der Waals surface area contributed by atoms with Gasteiger partial charge in [0.2, 0.25) is 0 Å². The summed E-state index contributed by atoms with van der Waals surface area (Å²) in [5.74, 6) is 0.723. The lowest BCUT2D eigenvalue weighted by Gasteiger charge is -2.19. The van der Waals surface area contributed by atoms with Gasteiger partial charge in [0.25, 0.3) is 0 Å². The van der Waals surface area contributed by atoms with Crippen molar-refractivity contribution in [2.24, 2.45) is 0 Å². The molecule has 3 heteroatoms. The van der Waals surface area contributed by atoms with E-state index >= 15 is 0 Å². The lowest BCUT2D eigenvalue weighted by molar-refractivity contribution is -0.00363. The third-order valence-corrected chi connectivity index (χ3v) is 2.77. The fourth-order valence-corrected chi connectivity index (χ4v) is 1.96. The minimum Gasteiger partial charge on any atom is -0.496 e. The van der Waals surface area contributed by atoms with Crippen LogP contribution in [0.2, 0.25) is 0 Å². The Bertz CT molecular complexity index is 318. The molecule has 2 unspecified atom stereocenters. The van der Waals surface area contributed by atoms with E-state index < -0.39 is 6.10 Å². The Labute approximate surface area is 89.6 Å². The highest BCUT2D eigenvalue weighted by Crippen LogP contribution is 2.31. The van der Waals surface area contributed by atoms with Gasteiger partial charge in [-0.2, -0.15) is 0 Å². The van der Waals surface area contributed by atoms with E-state index in [1.54, 1.807) is 7.11 Å². The summed E-state index contributed by atoms with van der Waals surface area (Å²) in [4.78, 5) is 0. The molecule has 2 atom stereocenters. The predicted octanol–water partition coefficient (Wildman–Crippen LogP) is 1.91. The number of hydrogen-bond donors (Lipinski definition) is 1. The summed E-state index contributed by atoms with van der Waals surface area (Å²) in [6.07, 6.45) is 1.28. The van der Waals surface area contributed by atoms with E-state index in [-0.39, 0.29) is 6.10 Å². The van der Waals surface area contributed by atoms with Crippen molar-refractivity contribution in [2.45, 2.75) is 25.0 Å². The topological polar surface area (TPSA) is 38.7 Å². The van der Waals surface area contributed by atoms with Gasteiger partial charge in [-0.15, -0.1) is 0 Å². The average molecular weight is 208 g/mol. The number of rotatable bonds is 3. The number of aliphatic hydroxyl groups excluding tert-OH is 1. The number of methoxy groups -OCH3 is 1. The molecule has 3 nitrogen and oxygen atoms in total. The predicted molar refractivity (Wildman–Crippen MR) is 56.9 cm³/mol. The van der Waals surface area contributed by atoms with Gasteiger partial charge in [-0.3, -0.25) is 0 Å². The van der Waals surface area contributed by atoms with Gasteiger partial charge in [0.15, 0.2) is 0 Å². The molecule has 1 aliphatic heterocycles. The molecule has 1 N–H and O–H groups in total. The molecule has 0 aromatic heterocycles. The molecule has 0 bridgehead atoms. The van der Waals surface area contributed by atoms with Crippen molar-refractivity contribution in [3.63, 3.8) is 0 Å². The van der Waals surface area contributed by atoms with Gasteiger partial charge in [0.05, 0.1) is 13.2 Å². The minimum atomic E-state index is -0.580. The maximum Gasteiger partial charge on any atom is 0.124 e. The number of hydrogen-bond acceptors (Lipinski definition) is 3. The highest BCUT2D eigenvalue weighted by Gasteiger charge is 2.27. The van der Waals surface area contributed by atoms with E-state index in [1.165, 1.54) is 0 Å². The van der Waals surface area contributed by atoms with Gasteiger partial charge in [0, 0.05) is 12.2 Å².